The third-order valence-electron chi connectivity index (χ3n) is 3.83. The molecule has 1 heterocycles. The number of Topliss-reactive ketones (excluding diaryl/α,β-unsaturated/α-hetero) is 2. The van der Waals surface area contributed by atoms with Gasteiger partial charge in [0.25, 0.3) is 0 Å². The molecule has 1 aromatic carbocycles. The van der Waals surface area contributed by atoms with Gasteiger partial charge in [-0.1, -0.05) is 0 Å². The molecule has 0 aliphatic heterocycles. The van der Waals surface area contributed by atoms with Crippen molar-refractivity contribution in [2.75, 3.05) is 13.2 Å². The summed E-state index contributed by atoms with van der Waals surface area (Å²) < 4.78 is 10.5. The number of ether oxygens (including phenoxy) is 2. The minimum absolute atomic E-state index is 0.0345. The van der Waals surface area contributed by atoms with Crippen molar-refractivity contribution in [1.29, 1.82) is 0 Å². The number of hydrogen-bond acceptors (Lipinski definition) is 5. The van der Waals surface area contributed by atoms with Crippen LogP contribution in [-0.4, -0.2) is 35.7 Å². The molecule has 0 radical (unpaired) electrons. The van der Waals surface area contributed by atoms with Crippen molar-refractivity contribution < 1.29 is 23.9 Å². The van der Waals surface area contributed by atoms with Crippen LogP contribution in [0.4, 0.5) is 0 Å². The van der Waals surface area contributed by atoms with Crippen LogP contribution in [0.5, 0.6) is 5.75 Å². The van der Waals surface area contributed by atoms with E-state index in [0.717, 1.165) is 0 Å². The van der Waals surface area contributed by atoms with E-state index in [1.54, 1.807) is 45.0 Å². The smallest absolute Gasteiger partial charge is 0.355 e. The molecule has 1 aromatic heterocycles. The Morgan fingerprint density at radius 1 is 1.08 bits per heavy atom. The van der Waals surface area contributed by atoms with Crippen molar-refractivity contribution in [3.63, 3.8) is 0 Å². The highest BCUT2D eigenvalue weighted by Crippen LogP contribution is 2.20. The Labute approximate surface area is 146 Å². The Balaban J connectivity index is 2.10. The van der Waals surface area contributed by atoms with Crippen molar-refractivity contribution in [3.8, 4) is 5.75 Å². The van der Waals surface area contributed by atoms with Crippen LogP contribution < -0.4 is 4.74 Å². The Hall–Kier alpha value is -2.89. The van der Waals surface area contributed by atoms with Gasteiger partial charge >= 0.3 is 5.97 Å². The first-order chi connectivity index (χ1) is 11.8. The SMILES string of the molecule is CCOC(=O)c1[nH]c(C)c(C(=O)COc2ccc(C(C)=O)cc2)c1C. The van der Waals surface area contributed by atoms with E-state index in [9.17, 15) is 14.4 Å². The molecular formula is C19H21NO5. The molecule has 0 atom stereocenters. The van der Waals surface area contributed by atoms with Crippen molar-refractivity contribution in [1.82, 2.24) is 4.98 Å². The Morgan fingerprint density at radius 2 is 1.72 bits per heavy atom. The highest BCUT2D eigenvalue weighted by molar-refractivity contribution is 6.03. The van der Waals surface area contributed by atoms with Gasteiger partial charge < -0.3 is 14.5 Å². The lowest BCUT2D eigenvalue weighted by Gasteiger charge is -2.07. The topological polar surface area (TPSA) is 85.5 Å². The van der Waals surface area contributed by atoms with Gasteiger partial charge in [-0.2, -0.15) is 0 Å². The van der Waals surface area contributed by atoms with Gasteiger partial charge in [0.1, 0.15) is 11.4 Å². The summed E-state index contributed by atoms with van der Waals surface area (Å²) in [6.07, 6.45) is 0. The number of esters is 1. The summed E-state index contributed by atoms with van der Waals surface area (Å²) in [5.41, 5.74) is 2.45. The fourth-order valence-corrected chi connectivity index (χ4v) is 2.58. The molecule has 0 saturated heterocycles. The van der Waals surface area contributed by atoms with Crippen LogP contribution >= 0.6 is 0 Å². The van der Waals surface area contributed by atoms with Crippen LogP contribution in [0.2, 0.25) is 0 Å². The van der Waals surface area contributed by atoms with Gasteiger partial charge in [0.15, 0.2) is 12.4 Å². The second-order valence-electron chi connectivity index (χ2n) is 5.64. The molecular weight excluding hydrogens is 322 g/mol. The van der Waals surface area contributed by atoms with E-state index in [-0.39, 0.29) is 30.5 Å². The largest absolute Gasteiger partial charge is 0.485 e. The predicted molar refractivity (Wildman–Crippen MR) is 92.5 cm³/mol. The van der Waals surface area contributed by atoms with E-state index < -0.39 is 5.97 Å². The molecule has 6 nitrogen and oxygen atoms in total. The summed E-state index contributed by atoms with van der Waals surface area (Å²) >= 11 is 0. The Bertz CT molecular complexity index is 802. The molecule has 132 valence electrons. The standard InChI is InChI=1S/C19H21NO5/c1-5-24-19(23)18-11(2)17(12(3)20-18)16(22)10-25-15-8-6-14(7-9-15)13(4)21/h6-9,20H,5,10H2,1-4H3. The number of carbonyl (C=O) groups is 3. The van der Waals surface area contributed by atoms with E-state index in [1.165, 1.54) is 6.92 Å². The Kier molecular flexibility index (Phi) is 5.75. The first-order valence-corrected chi connectivity index (χ1v) is 7.98. The normalized spacial score (nSPS) is 10.4. The first kappa shape index (κ1) is 18.4. The van der Waals surface area contributed by atoms with E-state index in [1.807, 2.05) is 0 Å². The van der Waals surface area contributed by atoms with Crippen molar-refractivity contribution in [2.24, 2.45) is 0 Å². The second kappa shape index (κ2) is 7.79. The lowest BCUT2D eigenvalue weighted by atomic mass is 10.1. The predicted octanol–water partition coefficient (Wildman–Crippen LogP) is 3.27. The van der Waals surface area contributed by atoms with Crippen molar-refractivity contribution in [2.45, 2.75) is 27.7 Å². The van der Waals surface area contributed by atoms with Gasteiger partial charge in [-0.05, 0) is 57.5 Å². The maximum Gasteiger partial charge on any atom is 0.355 e. The molecule has 0 amide bonds. The highest BCUT2D eigenvalue weighted by Gasteiger charge is 2.22. The minimum atomic E-state index is -0.483. The van der Waals surface area contributed by atoms with Gasteiger partial charge in [0.2, 0.25) is 5.78 Å². The van der Waals surface area contributed by atoms with E-state index in [2.05, 4.69) is 4.98 Å². The van der Waals surface area contributed by atoms with Gasteiger partial charge in [-0.3, -0.25) is 9.59 Å². The summed E-state index contributed by atoms with van der Waals surface area (Å²) in [5.74, 6) is -0.261. The molecule has 0 aliphatic carbocycles. The van der Waals surface area contributed by atoms with Crippen LogP contribution in [0.3, 0.4) is 0 Å². The molecule has 0 aliphatic rings. The first-order valence-electron chi connectivity index (χ1n) is 7.98. The van der Waals surface area contributed by atoms with E-state index >= 15 is 0 Å². The summed E-state index contributed by atoms with van der Waals surface area (Å²) in [4.78, 5) is 38.5. The molecule has 0 spiro atoms. The lowest BCUT2D eigenvalue weighted by Crippen LogP contribution is -2.13. The maximum absolute atomic E-state index is 12.5. The van der Waals surface area contributed by atoms with Crippen molar-refractivity contribution >= 4 is 17.5 Å². The van der Waals surface area contributed by atoms with Crippen LogP contribution in [-0.2, 0) is 4.74 Å². The van der Waals surface area contributed by atoms with Crippen LogP contribution in [0, 0.1) is 13.8 Å². The average Bonchev–Trinajstić information content (AvgIpc) is 2.88. The fourth-order valence-electron chi connectivity index (χ4n) is 2.58. The average molecular weight is 343 g/mol. The molecule has 0 bridgehead atoms. The van der Waals surface area contributed by atoms with Crippen LogP contribution in [0.25, 0.3) is 0 Å². The highest BCUT2D eigenvalue weighted by atomic mass is 16.5. The third kappa shape index (κ3) is 4.15. The zero-order chi connectivity index (χ0) is 18.6. The monoisotopic (exact) mass is 343 g/mol. The summed E-state index contributed by atoms with van der Waals surface area (Å²) in [7, 11) is 0. The summed E-state index contributed by atoms with van der Waals surface area (Å²) in [5, 5.41) is 0. The van der Waals surface area contributed by atoms with Gasteiger partial charge in [-0.15, -0.1) is 0 Å². The fraction of sp³-hybridized carbons (Fsp3) is 0.316. The molecule has 0 unspecified atom stereocenters. The summed E-state index contributed by atoms with van der Waals surface area (Å²) in [6, 6.07) is 6.58. The molecule has 2 aromatic rings. The van der Waals surface area contributed by atoms with Crippen LogP contribution in [0.1, 0.15) is 56.3 Å². The Morgan fingerprint density at radius 3 is 2.28 bits per heavy atom. The molecule has 2 rings (SSSR count). The molecule has 1 N–H and O–H groups in total. The van der Waals surface area contributed by atoms with Gasteiger partial charge in [-0.25, -0.2) is 4.79 Å². The third-order valence-corrected chi connectivity index (χ3v) is 3.83. The van der Waals surface area contributed by atoms with Crippen LogP contribution in [0.15, 0.2) is 24.3 Å². The van der Waals surface area contributed by atoms with E-state index in [0.29, 0.717) is 28.1 Å². The van der Waals surface area contributed by atoms with Gasteiger partial charge in [0, 0.05) is 16.8 Å². The zero-order valence-electron chi connectivity index (χ0n) is 14.8. The maximum atomic E-state index is 12.5. The zero-order valence-corrected chi connectivity index (χ0v) is 14.8. The number of carbonyl (C=O) groups excluding carboxylic acids is 3. The molecule has 25 heavy (non-hydrogen) atoms. The number of aromatic amines is 1. The second-order valence-corrected chi connectivity index (χ2v) is 5.64. The molecule has 6 heteroatoms. The number of aromatic nitrogens is 1. The number of aryl methyl sites for hydroxylation is 1. The van der Waals surface area contributed by atoms with E-state index in [4.69, 9.17) is 9.47 Å². The van der Waals surface area contributed by atoms with Crippen molar-refractivity contribution in [3.05, 3.63) is 52.3 Å². The number of benzene rings is 1. The number of rotatable bonds is 7. The number of hydrogen-bond donors (Lipinski definition) is 1. The minimum Gasteiger partial charge on any atom is -0.485 e. The molecule has 0 saturated carbocycles. The van der Waals surface area contributed by atoms with Gasteiger partial charge in [0.05, 0.1) is 6.61 Å². The number of nitrogens with one attached hydrogen (secondary N) is 1. The molecule has 0 fully saturated rings. The summed E-state index contributed by atoms with van der Waals surface area (Å²) in [6.45, 7) is 6.73. The number of ketones is 2. The number of H-pyrrole nitrogens is 1. The quantitative estimate of drug-likeness (QED) is 0.616. The lowest BCUT2D eigenvalue weighted by molar-refractivity contribution is 0.0519.